The van der Waals surface area contributed by atoms with Crippen molar-refractivity contribution >= 4 is 29.3 Å². The van der Waals surface area contributed by atoms with Gasteiger partial charge in [0.25, 0.3) is 5.91 Å². The van der Waals surface area contributed by atoms with Gasteiger partial charge in [-0.3, -0.25) is 9.59 Å². The zero-order chi connectivity index (χ0) is 17.5. The van der Waals surface area contributed by atoms with Gasteiger partial charge in [-0.05, 0) is 67.6 Å². The molecule has 0 unspecified atom stereocenters. The minimum Gasteiger partial charge on any atom is -0.456 e. The Bertz CT molecular complexity index is 684. The van der Waals surface area contributed by atoms with Gasteiger partial charge in [0.15, 0.2) is 6.61 Å². The van der Waals surface area contributed by atoms with Gasteiger partial charge >= 0.3 is 5.97 Å². The van der Waals surface area contributed by atoms with Crippen molar-refractivity contribution < 1.29 is 14.3 Å². The van der Waals surface area contributed by atoms with Crippen LogP contribution in [0, 0.1) is 30.4 Å². The second-order valence-electron chi connectivity index (χ2n) is 5.80. The summed E-state index contributed by atoms with van der Waals surface area (Å²) in [6.07, 6.45) is 6.37. The van der Waals surface area contributed by atoms with Gasteiger partial charge in [0, 0.05) is 10.6 Å². The Morgan fingerprint density at radius 2 is 2.08 bits per heavy atom. The molecule has 1 aromatic carbocycles. The van der Waals surface area contributed by atoms with Crippen molar-refractivity contribution in [2.75, 3.05) is 11.9 Å². The standard InChI is InChI=1S/C18H20N2O3S/c1-12-7-15(24-11-19)8-13(2)18(12)20-16(21)10-23-17(22)9-14-5-3-4-6-14/h3,5,7-8,14H,4,6,9-10H2,1-2H3,(H,20,21)/t14-/m1/s1. The van der Waals surface area contributed by atoms with Crippen molar-refractivity contribution in [3.8, 4) is 5.40 Å². The molecule has 0 aromatic heterocycles. The molecule has 0 bridgehead atoms. The maximum atomic E-state index is 12.0. The predicted octanol–water partition coefficient (Wildman–Crippen LogP) is 3.71. The van der Waals surface area contributed by atoms with E-state index in [9.17, 15) is 9.59 Å². The smallest absolute Gasteiger partial charge is 0.306 e. The van der Waals surface area contributed by atoms with Crippen LogP contribution < -0.4 is 5.32 Å². The van der Waals surface area contributed by atoms with E-state index in [1.165, 1.54) is 0 Å². The largest absolute Gasteiger partial charge is 0.456 e. The van der Waals surface area contributed by atoms with Gasteiger partial charge in [-0.15, -0.1) is 0 Å². The molecular weight excluding hydrogens is 324 g/mol. The Balaban J connectivity index is 1.87. The normalized spacial score (nSPS) is 15.8. The Kier molecular flexibility index (Phi) is 6.44. The average Bonchev–Trinajstić information content (AvgIpc) is 3.02. The van der Waals surface area contributed by atoms with Crippen LogP contribution in [0.1, 0.15) is 30.4 Å². The number of hydrogen-bond donors (Lipinski definition) is 1. The third kappa shape index (κ3) is 5.14. The van der Waals surface area contributed by atoms with Gasteiger partial charge in [-0.25, -0.2) is 0 Å². The van der Waals surface area contributed by atoms with E-state index in [1.54, 1.807) is 0 Å². The van der Waals surface area contributed by atoms with Crippen LogP contribution in [-0.2, 0) is 14.3 Å². The summed E-state index contributed by atoms with van der Waals surface area (Å²) in [6.45, 7) is 3.44. The SMILES string of the molecule is Cc1cc(SC#N)cc(C)c1NC(=O)COC(=O)C[C@@H]1C=CCC1. The number of rotatable bonds is 6. The number of amides is 1. The van der Waals surface area contributed by atoms with Gasteiger partial charge in [-0.2, -0.15) is 5.26 Å². The number of carbonyl (C=O) groups is 2. The van der Waals surface area contributed by atoms with Crippen LogP contribution in [0.4, 0.5) is 5.69 Å². The maximum Gasteiger partial charge on any atom is 0.306 e. The summed E-state index contributed by atoms with van der Waals surface area (Å²) in [6, 6.07) is 3.68. The molecule has 1 N–H and O–H groups in total. The van der Waals surface area contributed by atoms with Crippen LogP contribution in [0.15, 0.2) is 29.2 Å². The number of nitrogens with zero attached hydrogens (tertiary/aromatic N) is 1. The monoisotopic (exact) mass is 344 g/mol. The fourth-order valence-electron chi connectivity index (χ4n) is 2.69. The van der Waals surface area contributed by atoms with E-state index >= 15 is 0 Å². The molecule has 0 spiro atoms. The first-order valence-electron chi connectivity index (χ1n) is 7.79. The number of thioether (sulfide) groups is 1. The molecule has 1 aliphatic carbocycles. The first-order valence-corrected chi connectivity index (χ1v) is 8.60. The highest BCUT2D eigenvalue weighted by Crippen LogP contribution is 2.27. The van der Waals surface area contributed by atoms with E-state index in [0.717, 1.165) is 40.6 Å². The van der Waals surface area contributed by atoms with Gasteiger partial charge in [0.2, 0.25) is 0 Å². The number of nitriles is 1. The Morgan fingerprint density at radius 3 is 2.67 bits per heavy atom. The number of thiocyanates is 1. The van der Waals surface area contributed by atoms with Crippen molar-refractivity contribution in [1.82, 2.24) is 0 Å². The quantitative estimate of drug-likeness (QED) is 0.368. The first kappa shape index (κ1) is 18.1. The summed E-state index contributed by atoms with van der Waals surface area (Å²) in [5, 5.41) is 13.5. The molecule has 1 aromatic rings. The van der Waals surface area contributed by atoms with Crippen molar-refractivity contribution in [3.05, 3.63) is 35.4 Å². The van der Waals surface area contributed by atoms with Crippen LogP contribution in [-0.4, -0.2) is 18.5 Å². The predicted molar refractivity (Wildman–Crippen MR) is 93.5 cm³/mol. The second kappa shape index (κ2) is 8.55. The molecule has 1 amide bonds. The first-order chi connectivity index (χ1) is 11.5. The Labute approximate surface area is 146 Å². The van der Waals surface area contributed by atoms with Crippen molar-refractivity contribution in [2.24, 2.45) is 5.92 Å². The van der Waals surface area contributed by atoms with Crippen LogP contribution in [0.5, 0.6) is 0 Å². The number of hydrogen-bond acceptors (Lipinski definition) is 5. The van der Waals surface area contributed by atoms with Crippen LogP contribution in [0.2, 0.25) is 0 Å². The molecule has 0 radical (unpaired) electrons. The molecule has 6 heteroatoms. The van der Waals surface area contributed by atoms with Crippen LogP contribution in [0.3, 0.4) is 0 Å². The van der Waals surface area contributed by atoms with Gasteiger partial charge in [0.05, 0.1) is 6.42 Å². The molecule has 5 nitrogen and oxygen atoms in total. The highest BCUT2D eigenvalue weighted by atomic mass is 32.2. The number of nitrogens with one attached hydrogen (secondary N) is 1. The molecule has 1 aliphatic rings. The van der Waals surface area contributed by atoms with Crippen molar-refractivity contribution in [3.63, 3.8) is 0 Å². The summed E-state index contributed by atoms with van der Waals surface area (Å²) >= 11 is 1.08. The molecule has 0 saturated heterocycles. The number of anilines is 1. The molecular formula is C18H20N2O3S. The topological polar surface area (TPSA) is 79.2 Å². The molecule has 1 atom stereocenters. The van der Waals surface area contributed by atoms with Gasteiger partial charge in [0.1, 0.15) is 5.40 Å². The highest BCUT2D eigenvalue weighted by molar-refractivity contribution is 8.03. The van der Waals surface area contributed by atoms with Crippen LogP contribution in [0.25, 0.3) is 0 Å². The third-order valence-electron chi connectivity index (χ3n) is 3.84. The minimum atomic E-state index is -0.364. The lowest BCUT2D eigenvalue weighted by molar-refractivity contribution is -0.147. The van der Waals surface area contributed by atoms with Crippen molar-refractivity contribution in [2.45, 2.75) is 38.0 Å². The van der Waals surface area contributed by atoms with Crippen molar-refractivity contribution in [1.29, 1.82) is 5.26 Å². The number of carbonyl (C=O) groups excluding carboxylic acids is 2. The molecule has 0 heterocycles. The van der Waals surface area contributed by atoms with E-state index in [1.807, 2.05) is 37.5 Å². The fourth-order valence-corrected chi connectivity index (χ4v) is 3.27. The lowest BCUT2D eigenvalue weighted by Crippen LogP contribution is -2.22. The summed E-state index contributed by atoms with van der Waals surface area (Å²) < 4.78 is 5.05. The molecule has 24 heavy (non-hydrogen) atoms. The number of benzene rings is 1. The molecule has 0 saturated carbocycles. The molecule has 2 rings (SSSR count). The van der Waals surface area contributed by atoms with E-state index in [4.69, 9.17) is 10.00 Å². The van der Waals surface area contributed by atoms with E-state index in [0.29, 0.717) is 12.1 Å². The fraction of sp³-hybridized carbons (Fsp3) is 0.389. The molecule has 0 fully saturated rings. The lowest BCUT2D eigenvalue weighted by Gasteiger charge is -2.13. The minimum absolute atomic E-state index is 0.232. The molecule has 0 aliphatic heterocycles. The van der Waals surface area contributed by atoms with E-state index in [2.05, 4.69) is 11.4 Å². The summed E-state index contributed by atoms with van der Waals surface area (Å²) in [4.78, 5) is 24.6. The van der Waals surface area contributed by atoms with E-state index in [-0.39, 0.29) is 24.4 Å². The Hall–Kier alpha value is -2.26. The van der Waals surface area contributed by atoms with Gasteiger partial charge in [-0.1, -0.05) is 12.2 Å². The Morgan fingerprint density at radius 1 is 1.38 bits per heavy atom. The number of aryl methyl sites for hydroxylation is 2. The van der Waals surface area contributed by atoms with Crippen LogP contribution >= 0.6 is 11.8 Å². The third-order valence-corrected chi connectivity index (χ3v) is 4.40. The number of ether oxygens (including phenoxy) is 1. The lowest BCUT2D eigenvalue weighted by atomic mass is 10.1. The zero-order valence-corrected chi connectivity index (χ0v) is 14.6. The number of allylic oxidation sites excluding steroid dienone is 2. The zero-order valence-electron chi connectivity index (χ0n) is 13.8. The maximum absolute atomic E-state index is 12.0. The van der Waals surface area contributed by atoms with E-state index < -0.39 is 0 Å². The highest BCUT2D eigenvalue weighted by Gasteiger charge is 2.16. The second-order valence-corrected chi connectivity index (χ2v) is 6.66. The number of esters is 1. The molecule has 126 valence electrons. The summed E-state index contributed by atoms with van der Waals surface area (Å²) in [5.41, 5.74) is 2.42. The summed E-state index contributed by atoms with van der Waals surface area (Å²) in [5.74, 6) is -0.483. The summed E-state index contributed by atoms with van der Waals surface area (Å²) in [7, 11) is 0. The van der Waals surface area contributed by atoms with Gasteiger partial charge < -0.3 is 10.1 Å². The average molecular weight is 344 g/mol.